The van der Waals surface area contributed by atoms with Crippen molar-refractivity contribution in [1.82, 2.24) is 0 Å². The lowest BCUT2D eigenvalue weighted by Gasteiger charge is -2.07. The molecule has 0 N–H and O–H groups in total. The maximum absolute atomic E-state index is 10.6. The number of rotatable bonds is 4. The van der Waals surface area contributed by atoms with E-state index >= 15 is 0 Å². The van der Waals surface area contributed by atoms with E-state index in [9.17, 15) is 10.1 Å². The van der Waals surface area contributed by atoms with Gasteiger partial charge in [-0.15, -0.1) is 0 Å². The second-order valence-corrected chi connectivity index (χ2v) is 3.69. The molecule has 0 fully saturated rings. The second-order valence-electron chi connectivity index (χ2n) is 3.69. The number of nitro groups is 1. The molecular formula is C13H11NO4. The van der Waals surface area contributed by atoms with Gasteiger partial charge in [0, 0.05) is 17.7 Å². The minimum atomic E-state index is -0.450. The van der Waals surface area contributed by atoms with Gasteiger partial charge in [-0.1, -0.05) is 18.2 Å². The van der Waals surface area contributed by atoms with E-state index < -0.39 is 4.92 Å². The Balaban J connectivity index is 2.08. The fraction of sp³-hybridized carbons (Fsp3) is 0.0769. The first-order valence-electron chi connectivity index (χ1n) is 5.31. The van der Waals surface area contributed by atoms with Crippen LogP contribution in [0.1, 0.15) is 5.56 Å². The first-order chi connectivity index (χ1) is 8.66. The molecular weight excluding hydrogens is 234 g/mol. The van der Waals surface area contributed by atoms with Crippen molar-refractivity contribution in [2.24, 2.45) is 0 Å². The lowest BCUT2D eigenvalue weighted by molar-refractivity contribution is -0.384. The van der Waals surface area contributed by atoms with Crippen molar-refractivity contribution in [3.63, 3.8) is 0 Å². The molecule has 0 amide bonds. The monoisotopic (exact) mass is 245 g/mol. The van der Waals surface area contributed by atoms with Gasteiger partial charge in [0.15, 0.2) is 11.5 Å². The Morgan fingerprint density at radius 3 is 2.39 bits per heavy atom. The Bertz CT molecular complexity index is 554. The van der Waals surface area contributed by atoms with Gasteiger partial charge in [0.05, 0.1) is 4.92 Å². The van der Waals surface area contributed by atoms with Crippen LogP contribution in [0, 0.1) is 17.0 Å². The summed E-state index contributed by atoms with van der Waals surface area (Å²) in [7, 11) is 0. The van der Waals surface area contributed by atoms with Crippen LogP contribution in [0.4, 0.5) is 5.69 Å². The van der Waals surface area contributed by atoms with Crippen LogP contribution in [-0.2, 0) is 0 Å². The molecule has 0 saturated heterocycles. The SMILES string of the molecule is Cc1cc([N+](=O)[O-])ccc1OOc1ccccc1. The number of non-ortho nitro benzene ring substituents is 1. The van der Waals surface area contributed by atoms with Gasteiger partial charge >= 0.3 is 0 Å². The van der Waals surface area contributed by atoms with E-state index in [0.29, 0.717) is 17.1 Å². The van der Waals surface area contributed by atoms with Crippen LogP contribution in [0.5, 0.6) is 11.5 Å². The molecule has 92 valence electrons. The summed E-state index contributed by atoms with van der Waals surface area (Å²) in [4.78, 5) is 20.4. The molecule has 0 unspecified atom stereocenters. The first-order valence-corrected chi connectivity index (χ1v) is 5.31. The van der Waals surface area contributed by atoms with Crippen LogP contribution in [0.25, 0.3) is 0 Å². The van der Waals surface area contributed by atoms with Crippen molar-refractivity contribution in [1.29, 1.82) is 0 Å². The summed E-state index contributed by atoms with van der Waals surface area (Å²) in [5, 5.41) is 10.6. The van der Waals surface area contributed by atoms with E-state index in [4.69, 9.17) is 9.78 Å². The molecule has 0 heterocycles. The van der Waals surface area contributed by atoms with E-state index in [1.165, 1.54) is 18.2 Å². The van der Waals surface area contributed by atoms with Gasteiger partial charge in [-0.25, -0.2) is 0 Å². The van der Waals surface area contributed by atoms with Crippen molar-refractivity contribution < 1.29 is 14.7 Å². The average molecular weight is 245 g/mol. The van der Waals surface area contributed by atoms with Crippen LogP contribution in [0.15, 0.2) is 48.5 Å². The van der Waals surface area contributed by atoms with E-state index in [2.05, 4.69) is 0 Å². The van der Waals surface area contributed by atoms with Crippen LogP contribution in [0.3, 0.4) is 0 Å². The number of para-hydroxylation sites is 1. The summed E-state index contributed by atoms with van der Waals surface area (Å²) in [6.45, 7) is 1.72. The highest BCUT2D eigenvalue weighted by atomic mass is 17.2. The summed E-state index contributed by atoms with van der Waals surface area (Å²) < 4.78 is 0. The second kappa shape index (κ2) is 5.18. The Kier molecular flexibility index (Phi) is 3.43. The highest BCUT2D eigenvalue weighted by Crippen LogP contribution is 2.24. The third-order valence-corrected chi connectivity index (χ3v) is 2.34. The van der Waals surface area contributed by atoms with Crippen molar-refractivity contribution in [2.45, 2.75) is 6.92 Å². The molecule has 0 aromatic heterocycles. The van der Waals surface area contributed by atoms with Crippen molar-refractivity contribution >= 4 is 5.69 Å². The van der Waals surface area contributed by atoms with Gasteiger partial charge in [0.1, 0.15) is 0 Å². The van der Waals surface area contributed by atoms with Crippen LogP contribution in [0.2, 0.25) is 0 Å². The highest BCUT2D eigenvalue weighted by Gasteiger charge is 2.09. The standard InChI is InChI=1S/C13H11NO4/c1-10-9-11(14(15)16)7-8-13(10)18-17-12-5-3-2-4-6-12/h2-9H,1H3. The zero-order chi connectivity index (χ0) is 13.0. The smallest absolute Gasteiger partial charge is 0.269 e. The fourth-order valence-electron chi connectivity index (χ4n) is 1.41. The molecule has 0 atom stereocenters. The summed E-state index contributed by atoms with van der Waals surface area (Å²) in [5.41, 5.74) is 0.666. The predicted molar refractivity (Wildman–Crippen MR) is 65.5 cm³/mol. The fourth-order valence-corrected chi connectivity index (χ4v) is 1.41. The molecule has 18 heavy (non-hydrogen) atoms. The lowest BCUT2D eigenvalue weighted by atomic mass is 10.2. The Hall–Kier alpha value is -2.56. The molecule has 5 nitrogen and oxygen atoms in total. The van der Waals surface area contributed by atoms with E-state index in [0.717, 1.165) is 0 Å². The molecule has 2 rings (SSSR count). The summed E-state index contributed by atoms with van der Waals surface area (Å²) >= 11 is 0. The minimum Gasteiger partial charge on any atom is -0.290 e. The molecule has 5 heteroatoms. The van der Waals surface area contributed by atoms with Gasteiger partial charge in [-0.3, -0.25) is 19.9 Å². The molecule has 0 aliphatic heterocycles. The highest BCUT2D eigenvalue weighted by molar-refractivity contribution is 5.42. The Morgan fingerprint density at radius 2 is 1.78 bits per heavy atom. The number of benzene rings is 2. The van der Waals surface area contributed by atoms with Gasteiger partial charge in [-0.05, 0) is 25.1 Å². The lowest BCUT2D eigenvalue weighted by Crippen LogP contribution is -2.02. The largest absolute Gasteiger partial charge is 0.290 e. The van der Waals surface area contributed by atoms with Crippen LogP contribution < -0.4 is 9.78 Å². The third kappa shape index (κ3) is 2.76. The molecule has 0 aliphatic rings. The number of nitrogens with zero attached hydrogens (tertiary/aromatic N) is 1. The van der Waals surface area contributed by atoms with E-state index in [-0.39, 0.29) is 5.69 Å². The molecule has 0 spiro atoms. The van der Waals surface area contributed by atoms with Crippen LogP contribution >= 0.6 is 0 Å². The molecule has 0 saturated carbocycles. The topological polar surface area (TPSA) is 61.6 Å². The Labute approximate surface area is 104 Å². The van der Waals surface area contributed by atoms with Gasteiger partial charge in [0.2, 0.25) is 0 Å². The molecule has 2 aromatic rings. The Morgan fingerprint density at radius 1 is 1.06 bits per heavy atom. The molecule has 0 bridgehead atoms. The minimum absolute atomic E-state index is 0.0274. The van der Waals surface area contributed by atoms with Crippen molar-refractivity contribution in [3.8, 4) is 11.5 Å². The quantitative estimate of drug-likeness (QED) is 0.471. The summed E-state index contributed by atoms with van der Waals surface area (Å²) in [5.74, 6) is 1.01. The first kappa shape index (κ1) is 11.9. The van der Waals surface area contributed by atoms with E-state index in [1.54, 1.807) is 19.1 Å². The maximum Gasteiger partial charge on any atom is 0.269 e. The zero-order valence-corrected chi connectivity index (χ0v) is 9.70. The van der Waals surface area contributed by atoms with Crippen molar-refractivity contribution in [2.75, 3.05) is 0 Å². The van der Waals surface area contributed by atoms with Gasteiger partial charge in [-0.2, -0.15) is 0 Å². The van der Waals surface area contributed by atoms with Gasteiger partial charge < -0.3 is 0 Å². The molecule has 0 aliphatic carbocycles. The number of hydrogen-bond acceptors (Lipinski definition) is 4. The van der Waals surface area contributed by atoms with E-state index in [1.807, 2.05) is 18.2 Å². The van der Waals surface area contributed by atoms with Crippen molar-refractivity contribution in [3.05, 3.63) is 64.2 Å². The predicted octanol–water partition coefficient (Wildman–Crippen LogP) is 3.28. The third-order valence-electron chi connectivity index (χ3n) is 2.34. The summed E-state index contributed by atoms with van der Waals surface area (Å²) in [6, 6.07) is 13.3. The average Bonchev–Trinajstić information content (AvgIpc) is 2.38. The zero-order valence-electron chi connectivity index (χ0n) is 9.70. The normalized spacial score (nSPS) is 9.83. The molecule has 2 aromatic carbocycles. The maximum atomic E-state index is 10.6. The number of aryl methyl sites for hydroxylation is 1. The number of hydrogen-bond donors (Lipinski definition) is 0. The van der Waals surface area contributed by atoms with Gasteiger partial charge in [0.25, 0.3) is 5.69 Å². The van der Waals surface area contributed by atoms with Crippen LogP contribution in [-0.4, -0.2) is 4.92 Å². The molecule has 0 radical (unpaired) electrons. The number of nitro benzene ring substituents is 1. The summed E-state index contributed by atoms with van der Waals surface area (Å²) in [6.07, 6.45) is 0.